The first-order valence-corrected chi connectivity index (χ1v) is 7.15. The van der Waals surface area contributed by atoms with Gasteiger partial charge in [-0.2, -0.15) is 0 Å². The molecule has 0 radical (unpaired) electrons. The fourth-order valence-corrected chi connectivity index (χ4v) is 1.34. The number of hydrogen-bond acceptors (Lipinski definition) is 8. The number of carbonyl (C=O) groups excluding carboxylic acids is 3. The van der Waals surface area contributed by atoms with E-state index in [-0.39, 0.29) is 38.9 Å². The van der Waals surface area contributed by atoms with Gasteiger partial charge < -0.3 is 24.4 Å². The summed E-state index contributed by atoms with van der Waals surface area (Å²) in [6.45, 7) is 2.30. The summed E-state index contributed by atoms with van der Waals surface area (Å²) in [6, 6.07) is 0. The van der Waals surface area contributed by atoms with Gasteiger partial charge in [0.2, 0.25) is 0 Å². The van der Waals surface area contributed by atoms with Crippen LogP contribution in [0.2, 0.25) is 0 Å². The molecule has 0 aromatic heterocycles. The Labute approximate surface area is 133 Å². The summed E-state index contributed by atoms with van der Waals surface area (Å²) in [5.41, 5.74) is 0. The van der Waals surface area contributed by atoms with Crippen LogP contribution in [0, 0.1) is 0 Å². The summed E-state index contributed by atoms with van der Waals surface area (Å²) in [6.07, 6.45) is -2.67. The van der Waals surface area contributed by atoms with Gasteiger partial charge >= 0.3 is 23.9 Å². The number of ether oxygens (including phenoxy) is 3. The molecule has 0 bridgehead atoms. The van der Waals surface area contributed by atoms with Crippen LogP contribution >= 0.6 is 0 Å². The van der Waals surface area contributed by atoms with Gasteiger partial charge in [0.25, 0.3) is 0 Å². The van der Waals surface area contributed by atoms with Gasteiger partial charge in [0.15, 0.2) is 6.10 Å². The Morgan fingerprint density at radius 2 is 1.52 bits per heavy atom. The molecular formula is C14H22O9. The van der Waals surface area contributed by atoms with Crippen LogP contribution in [0.1, 0.15) is 39.5 Å². The molecule has 0 spiro atoms. The van der Waals surface area contributed by atoms with E-state index in [4.69, 9.17) is 24.4 Å². The first-order valence-electron chi connectivity index (χ1n) is 7.15. The van der Waals surface area contributed by atoms with Crippen LogP contribution < -0.4 is 0 Å². The second-order valence-corrected chi connectivity index (χ2v) is 4.78. The van der Waals surface area contributed by atoms with Crippen molar-refractivity contribution in [2.45, 2.75) is 51.7 Å². The molecule has 0 aromatic carbocycles. The summed E-state index contributed by atoms with van der Waals surface area (Å²) in [5, 5.41) is 17.5. The third kappa shape index (κ3) is 12.1. The number of carboxylic acids is 1. The number of esters is 3. The van der Waals surface area contributed by atoms with E-state index in [9.17, 15) is 19.2 Å². The number of aliphatic hydroxyl groups excluding tert-OH is 1. The lowest BCUT2D eigenvalue weighted by Crippen LogP contribution is -2.31. The van der Waals surface area contributed by atoms with Gasteiger partial charge in [0.05, 0.1) is 25.4 Å². The normalized spacial score (nSPS) is 12.8. The molecule has 9 nitrogen and oxygen atoms in total. The third-order valence-corrected chi connectivity index (χ3v) is 2.45. The molecule has 132 valence electrons. The molecule has 0 aromatic rings. The quantitative estimate of drug-likeness (QED) is 0.396. The summed E-state index contributed by atoms with van der Waals surface area (Å²) >= 11 is 0. The van der Waals surface area contributed by atoms with Gasteiger partial charge in [0.1, 0.15) is 13.2 Å². The molecule has 0 aliphatic rings. The zero-order valence-corrected chi connectivity index (χ0v) is 13.1. The van der Waals surface area contributed by atoms with Crippen LogP contribution in [0.3, 0.4) is 0 Å². The highest BCUT2D eigenvalue weighted by Gasteiger charge is 2.19. The third-order valence-electron chi connectivity index (χ3n) is 2.45. The Hall–Kier alpha value is -2.16. The first kappa shape index (κ1) is 20.8. The molecule has 0 fully saturated rings. The number of aliphatic hydroxyl groups is 1. The lowest BCUT2D eigenvalue weighted by atomic mass is 10.3. The summed E-state index contributed by atoms with van der Waals surface area (Å²) < 4.78 is 14.6. The van der Waals surface area contributed by atoms with Crippen LogP contribution in [0.4, 0.5) is 0 Å². The minimum Gasteiger partial charge on any atom is -0.481 e. The van der Waals surface area contributed by atoms with Crippen molar-refractivity contribution in [2.75, 3.05) is 13.2 Å². The van der Waals surface area contributed by atoms with E-state index >= 15 is 0 Å². The van der Waals surface area contributed by atoms with E-state index in [0.29, 0.717) is 0 Å². The second kappa shape index (κ2) is 11.4. The largest absolute Gasteiger partial charge is 0.481 e. The van der Waals surface area contributed by atoms with Crippen molar-refractivity contribution in [3.8, 4) is 0 Å². The molecule has 9 heteroatoms. The van der Waals surface area contributed by atoms with E-state index in [1.807, 2.05) is 0 Å². The molecule has 0 amide bonds. The van der Waals surface area contributed by atoms with Crippen LogP contribution in [0.25, 0.3) is 0 Å². The Balaban J connectivity index is 4.34. The standard InChI is InChI=1S/C14H22O9/c1-3-12(18)23-10(8-22-14(20)6-9(2)15)7-21-13(19)5-4-11(16)17/h9-10,15H,3-8H2,1-2H3,(H,16,17)/t9-,10?/m1/s1. The number of aliphatic carboxylic acids is 1. The van der Waals surface area contributed by atoms with Gasteiger partial charge in [0, 0.05) is 6.42 Å². The molecule has 2 N–H and O–H groups in total. The number of rotatable bonds is 11. The zero-order valence-electron chi connectivity index (χ0n) is 13.1. The number of hydrogen-bond donors (Lipinski definition) is 2. The van der Waals surface area contributed by atoms with Crippen molar-refractivity contribution >= 4 is 23.9 Å². The van der Waals surface area contributed by atoms with E-state index in [0.717, 1.165) is 0 Å². The lowest BCUT2D eigenvalue weighted by molar-refractivity contribution is -0.167. The smallest absolute Gasteiger partial charge is 0.308 e. The van der Waals surface area contributed by atoms with Crippen LogP contribution in [0.5, 0.6) is 0 Å². The maximum Gasteiger partial charge on any atom is 0.308 e. The van der Waals surface area contributed by atoms with Crippen molar-refractivity contribution in [1.29, 1.82) is 0 Å². The minimum atomic E-state index is -1.14. The second-order valence-electron chi connectivity index (χ2n) is 4.78. The SMILES string of the molecule is CCC(=O)OC(COC(=O)CCC(=O)O)COC(=O)C[C@@H](C)O. The molecule has 0 saturated heterocycles. The van der Waals surface area contributed by atoms with Crippen LogP contribution in [-0.2, 0) is 33.4 Å². The highest BCUT2D eigenvalue weighted by molar-refractivity contribution is 5.76. The molecule has 1 unspecified atom stereocenters. The Morgan fingerprint density at radius 1 is 0.957 bits per heavy atom. The summed E-state index contributed by atoms with van der Waals surface area (Å²) in [4.78, 5) is 44.3. The number of carbonyl (C=O) groups is 4. The minimum absolute atomic E-state index is 0.0884. The fraction of sp³-hybridized carbons (Fsp3) is 0.714. The fourth-order valence-electron chi connectivity index (χ4n) is 1.34. The van der Waals surface area contributed by atoms with Crippen LogP contribution in [0.15, 0.2) is 0 Å². The van der Waals surface area contributed by atoms with E-state index in [1.165, 1.54) is 6.92 Å². The average Bonchev–Trinajstić information content (AvgIpc) is 2.46. The van der Waals surface area contributed by atoms with Crippen LogP contribution in [-0.4, -0.2) is 59.5 Å². The van der Waals surface area contributed by atoms with Crippen molar-refractivity contribution in [1.82, 2.24) is 0 Å². The Kier molecular flexibility index (Phi) is 10.3. The topological polar surface area (TPSA) is 136 Å². The predicted octanol–water partition coefficient (Wildman–Crippen LogP) is 0.0303. The van der Waals surface area contributed by atoms with E-state index in [1.54, 1.807) is 6.92 Å². The predicted molar refractivity (Wildman–Crippen MR) is 75.3 cm³/mol. The van der Waals surface area contributed by atoms with Gasteiger partial charge in [-0.25, -0.2) is 0 Å². The number of carboxylic acid groups (broad SMARTS) is 1. The monoisotopic (exact) mass is 334 g/mol. The highest BCUT2D eigenvalue weighted by atomic mass is 16.6. The molecule has 23 heavy (non-hydrogen) atoms. The zero-order chi connectivity index (χ0) is 17.8. The van der Waals surface area contributed by atoms with Crippen molar-refractivity contribution in [2.24, 2.45) is 0 Å². The highest BCUT2D eigenvalue weighted by Crippen LogP contribution is 2.03. The van der Waals surface area contributed by atoms with Crippen molar-refractivity contribution < 1.29 is 43.6 Å². The molecule has 0 heterocycles. The molecular weight excluding hydrogens is 312 g/mol. The molecule has 0 aliphatic carbocycles. The van der Waals surface area contributed by atoms with E-state index in [2.05, 4.69) is 0 Å². The van der Waals surface area contributed by atoms with Gasteiger partial charge in [-0.15, -0.1) is 0 Å². The summed E-state index contributed by atoms with van der Waals surface area (Å²) in [5.74, 6) is -3.15. The molecule has 0 rings (SSSR count). The van der Waals surface area contributed by atoms with Gasteiger partial charge in [-0.1, -0.05) is 6.92 Å². The summed E-state index contributed by atoms with van der Waals surface area (Å²) in [7, 11) is 0. The Bertz CT molecular complexity index is 416. The van der Waals surface area contributed by atoms with Gasteiger partial charge in [-0.05, 0) is 6.92 Å². The Morgan fingerprint density at radius 3 is 2.00 bits per heavy atom. The molecule has 2 atom stereocenters. The van der Waals surface area contributed by atoms with Crippen molar-refractivity contribution in [3.05, 3.63) is 0 Å². The van der Waals surface area contributed by atoms with Gasteiger partial charge in [-0.3, -0.25) is 19.2 Å². The lowest BCUT2D eigenvalue weighted by Gasteiger charge is -2.18. The molecule has 0 saturated carbocycles. The molecule has 0 aliphatic heterocycles. The maximum absolute atomic E-state index is 11.3. The van der Waals surface area contributed by atoms with Crippen molar-refractivity contribution in [3.63, 3.8) is 0 Å². The van der Waals surface area contributed by atoms with E-state index < -0.39 is 36.1 Å². The maximum atomic E-state index is 11.3. The first-order chi connectivity index (χ1) is 10.7. The average molecular weight is 334 g/mol.